The van der Waals surface area contributed by atoms with Gasteiger partial charge in [-0.05, 0) is 47.5 Å². The third-order valence-electron chi connectivity index (χ3n) is 4.23. The van der Waals surface area contributed by atoms with Gasteiger partial charge in [0.1, 0.15) is 12.4 Å². The number of carboxylic acid groups (broad SMARTS) is 1. The van der Waals surface area contributed by atoms with Gasteiger partial charge in [-0.3, -0.25) is 0 Å². The minimum absolute atomic E-state index is 0.289. The van der Waals surface area contributed by atoms with E-state index in [1.807, 2.05) is 36.4 Å². The van der Waals surface area contributed by atoms with Crippen LogP contribution in [0.1, 0.15) is 27.0 Å². The second kappa shape index (κ2) is 9.60. The number of halogens is 2. The van der Waals surface area contributed by atoms with Crippen LogP contribution >= 0.6 is 23.2 Å². The van der Waals surface area contributed by atoms with Crippen molar-refractivity contribution in [1.82, 2.24) is 5.32 Å². The second-order valence-corrected chi connectivity index (χ2v) is 7.05. The zero-order valence-corrected chi connectivity index (χ0v) is 16.5. The number of hydrogen-bond donors (Lipinski definition) is 2. The van der Waals surface area contributed by atoms with Crippen molar-refractivity contribution in [3.05, 3.63) is 99.0 Å². The van der Waals surface area contributed by atoms with Crippen molar-refractivity contribution in [2.75, 3.05) is 0 Å². The highest BCUT2D eigenvalue weighted by Gasteiger charge is 2.06. The summed E-state index contributed by atoms with van der Waals surface area (Å²) >= 11 is 12.3. The first-order valence-corrected chi connectivity index (χ1v) is 9.46. The first-order valence-electron chi connectivity index (χ1n) is 8.70. The largest absolute Gasteiger partial charge is 0.489 e. The number of aromatic carboxylic acids is 1. The molecule has 0 fully saturated rings. The number of rotatable bonds is 8. The molecular weight excluding hydrogens is 397 g/mol. The predicted octanol–water partition coefficient (Wildman–Crippen LogP) is 5.56. The first-order chi connectivity index (χ1) is 13.5. The summed E-state index contributed by atoms with van der Waals surface area (Å²) in [6, 6.07) is 20.0. The Bertz CT molecular complexity index is 921. The van der Waals surface area contributed by atoms with Crippen LogP contribution in [0, 0.1) is 0 Å². The average molecular weight is 416 g/mol. The molecule has 0 spiro atoms. The van der Waals surface area contributed by atoms with E-state index in [2.05, 4.69) is 5.32 Å². The summed E-state index contributed by atoms with van der Waals surface area (Å²) in [5.41, 5.74) is 3.20. The van der Waals surface area contributed by atoms with Crippen LogP contribution in [0.5, 0.6) is 5.75 Å². The summed E-state index contributed by atoms with van der Waals surface area (Å²) in [5, 5.41) is 13.4. The molecule has 3 rings (SSSR count). The van der Waals surface area contributed by atoms with E-state index in [-0.39, 0.29) is 5.56 Å². The van der Waals surface area contributed by atoms with Gasteiger partial charge >= 0.3 is 5.97 Å². The van der Waals surface area contributed by atoms with E-state index in [1.54, 1.807) is 30.3 Å². The van der Waals surface area contributed by atoms with Crippen molar-refractivity contribution in [3.8, 4) is 5.75 Å². The number of ether oxygens (including phenoxy) is 1. The Kier molecular flexibility index (Phi) is 6.93. The van der Waals surface area contributed by atoms with E-state index in [4.69, 9.17) is 33.0 Å². The molecule has 0 saturated carbocycles. The number of carbonyl (C=O) groups is 1. The molecule has 0 bridgehead atoms. The van der Waals surface area contributed by atoms with Gasteiger partial charge in [0.2, 0.25) is 0 Å². The predicted molar refractivity (Wildman–Crippen MR) is 111 cm³/mol. The van der Waals surface area contributed by atoms with Crippen LogP contribution in [-0.4, -0.2) is 11.1 Å². The van der Waals surface area contributed by atoms with Crippen LogP contribution in [0.3, 0.4) is 0 Å². The SMILES string of the molecule is O=C(O)c1ccc(CNCc2ccc(OCc3c(Cl)cccc3Cl)cc2)cc1. The minimum Gasteiger partial charge on any atom is -0.489 e. The number of benzene rings is 3. The van der Waals surface area contributed by atoms with Crippen LogP contribution in [0.4, 0.5) is 0 Å². The normalized spacial score (nSPS) is 10.6. The summed E-state index contributed by atoms with van der Waals surface area (Å²) in [6.45, 7) is 1.66. The quantitative estimate of drug-likeness (QED) is 0.505. The van der Waals surface area contributed by atoms with Gasteiger partial charge in [0.05, 0.1) is 5.56 Å². The molecule has 0 amide bonds. The monoisotopic (exact) mass is 415 g/mol. The van der Waals surface area contributed by atoms with E-state index in [9.17, 15) is 4.79 Å². The van der Waals surface area contributed by atoms with Gasteiger partial charge in [0, 0.05) is 28.7 Å². The fourth-order valence-electron chi connectivity index (χ4n) is 2.65. The summed E-state index contributed by atoms with van der Waals surface area (Å²) < 4.78 is 5.78. The molecule has 0 radical (unpaired) electrons. The van der Waals surface area contributed by atoms with Crippen molar-refractivity contribution >= 4 is 29.2 Å². The van der Waals surface area contributed by atoms with Crippen LogP contribution in [0.25, 0.3) is 0 Å². The summed E-state index contributed by atoms with van der Waals surface area (Å²) in [7, 11) is 0. The number of nitrogens with one attached hydrogen (secondary N) is 1. The van der Waals surface area contributed by atoms with Crippen molar-refractivity contribution in [1.29, 1.82) is 0 Å². The van der Waals surface area contributed by atoms with Gasteiger partial charge in [-0.2, -0.15) is 0 Å². The fraction of sp³-hybridized carbons (Fsp3) is 0.136. The van der Waals surface area contributed by atoms with E-state index in [1.165, 1.54) is 0 Å². The molecule has 0 atom stereocenters. The van der Waals surface area contributed by atoms with Crippen molar-refractivity contribution < 1.29 is 14.6 Å². The Labute approximate surface area is 173 Å². The highest BCUT2D eigenvalue weighted by molar-refractivity contribution is 6.35. The van der Waals surface area contributed by atoms with Crippen LogP contribution in [-0.2, 0) is 19.7 Å². The van der Waals surface area contributed by atoms with Gasteiger partial charge in [-0.25, -0.2) is 4.79 Å². The van der Waals surface area contributed by atoms with Crippen molar-refractivity contribution in [3.63, 3.8) is 0 Å². The molecule has 144 valence electrons. The topological polar surface area (TPSA) is 58.6 Å². The highest BCUT2D eigenvalue weighted by atomic mass is 35.5. The standard InChI is InChI=1S/C22H19Cl2NO3/c23-20-2-1-3-21(24)19(20)14-28-18-10-6-16(7-11-18)13-25-12-15-4-8-17(9-5-15)22(26)27/h1-11,25H,12-14H2,(H,26,27). The Hall–Kier alpha value is -2.53. The molecule has 0 heterocycles. The minimum atomic E-state index is -0.918. The van der Waals surface area contributed by atoms with E-state index in [0.29, 0.717) is 29.7 Å². The molecule has 3 aromatic rings. The Morgan fingerprint density at radius 3 is 1.93 bits per heavy atom. The summed E-state index contributed by atoms with van der Waals surface area (Å²) in [5.74, 6) is -0.178. The van der Waals surface area contributed by atoms with Gasteiger partial charge in [0.15, 0.2) is 0 Å². The van der Waals surface area contributed by atoms with E-state index < -0.39 is 5.97 Å². The maximum absolute atomic E-state index is 10.9. The maximum Gasteiger partial charge on any atom is 0.335 e. The zero-order chi connectivity index (χ0) is 19.9. The van der Waals surface area contributed by atoms with Crippen molar-refractivity contribution in [2.24, 2.45) is 0 Å². The molecule has 0 unspecified atom stereocenters. The molecular formula is C22H19Cl2NO3. The first kappa shape index (κ1) is 20.2. The lowest BCUT2D eigenvalue weighted by atomic mass is 10.1. The van der Waals surface area contributed by atoms with Crippen molar-refractivity contribution in [2.45, 2.75) is 19.7 Å². The molecule has 2 N–H and O–H groups in total. The Morgan fingerprint density at radius 2 is 1.39 bits per heavy atom. The average Bonchev–Trinajstić information content (AvgIpc) is 2.69. The molecule has 0 aliphatic rings. The Morgan fingerprint density at radius 1 is 0.857 bits per heavy atom. The lowest BCUT2D eigenvalue weighted by Gasteiger charge is -2.10. The maximum atomic E-state index is 10.9. The van der Waals surface area contributed by atoms with E-state index in [0.717, 1.165) is 22.4 Å². The molecule has 3 aromatic carbocycles. The smallest absolute Gasteiger partial charge is 0.335 e. The molecule has 0 aromatic heterocycles. The highest BCUT2D eigenvalue weighted by Crippen LogP contribution is 2.26. The van der Waals surface area contributed by atoms with E-state index >= 15 is 0 Å². The number of carboxylic acids is 1. The molecule has 0 saturated heterocycles. The lowest BCUT2D eigenvalue weighted by Crippen LogP contribution is -2.12. The second-order valence-electron chi connectivity index (χ2n) is 6.24. The fourth-order valence-corrected chi connectivity index (χ4v) is 3.15. The molecule has 28 heavy (non-hydrogen) atoms. The summed E-state index contributed by atoms with van der Waals surface area (Å²) in [6.07, 6.45) is 0. The zero-order valence-electron chi connectivity index (χ0n) is 15.0. The molecule has 0 aliphatic heterocycles. The van der Waals surface area contributed by atoms with Gasteiger partial charge < -0.3 is 15.2 Å². The third-order valence-corrected chi connectivity index (χ3v) is 4.94. The molecule has 4 nitrogen and oxygen atoms in total. The van der Waals surface area contributed by atoms with Crippen LogP contribution in [0.15, 0.2) is 66.7 Å². The van der Waals surface area contributed by atoms with Crippen LogP contribution in [0.2, 0.25) is 10.0 Å². The molecule has 0 aliphatic carbocycles. The molecule has 6 heteroatoms. The van der Waals surface area contributed by atoms with Crippen LogP contribution < -0.4 is 10.1 Å². The van der Waals surface area contributed by atoms with Gasteiger partial charge in [0.25, 0.3) is 0 Å². The number of hydrogen-bond acceptors (Lipinski definition) is 3. The van der Waals surface area contributed by atoms with Gasteiger partial charge in [-0.15, -0.1) is 0 Å². The Balaban J connectivity index is 1.48. The lowest BCUT2D eigenvalue weighted by molar-refractivity contribution is 0.0697. The van der Waals surface area contributed by atoms with Gasteiger partial charge in [-0.1, -0.05) is 53.5 Å². The third kappa shape index (κ3) is 5.49. The summed E-state index contributed by atoms with van der Waals surface area (Å²) in [4.78, 5) is 10.9.